The molecule has 0 aliphatic carbocycles. The molecule has 2 N–H and O–H groups in total. The molecule has 1 aliphatic rings. The fourth-order valence-electron chi connectivity index (χ4n) is 1.88. The average molecular weight is 309 g/mol. The normalized spacial score (nSPS) is 17.6. The second-order valence-corrected chi connectivity index (χ2v) is 6.44. The molecular formula is C11H14ClFN2O3S. The summed E-state index contributed by atoms with van der Waals surface area (Å²) in [7, 11) is -3.91. The van der Waals surface area contributed by atoms with Crippen LogP contribution < -0.4 is 5.73 Å². The van der Waals surface area contributed by atoms with Crippen LogP contribution in [0.5, 0.6) is 0 Å². The molecular weight excluding hydrogens is 295 g/mol. The number of hydrogen-bond donors (Lipinski definition) is 1. The van der Waals surface area contributed by atoms with E-state index in [0.717, 1.165) is 6.07 Å². The van der Waals surface area contributed by atoms with E-state index in [1.807, 2.05) is 0 Å². The number of sulfonamides is 1. The molecule has 2 rings (SSSR count). The van der Waals surface area contributed by atoms with Crippen LogP contribution in [0, 0.1) is 5.82 Å². The van der Waals surface area contributed by atoms with Crippen LogP contribution in [0.1, 0.15) is 5.56 Å². The molecule has 0 bridgehead atoms. The molecule has 8 heteroatoms. The molecule has 5 nitrogen and oxygen atoms in total. The Morgan fingerprint density at radius 2 is 2.00 bits per heavy atom. The maximum atomic E-state index is 14.1. The third kappa shape index (κ3) is 2.90. The third-order valence-corrected chi connectivity index (χ3v) is 5.00. The Morgan fingerprint density at radius 3 is 2.58 bits per heavy atom. The van der Waals surface area contributed by atoms with Crippen LogP contribution in [0.2, 0.25) is 5.02 Å². The van der Waals surface area contributed by atoms with Crippen molar-refractivity contribution in [1.82, 2.24) is 4.31 Å². The Morgan fingerprint density at radius 1 is 1.37 bits per heavy atom. The molecule has 0 amide bonds. The van der Waals surface area contributed by atoms with E-state index in [0.29, 0.717) is 13.2 Å². The van der Waals surface area contributed by atoms with Crippen LogP contribution >= 0.6 is 11.6 Å². The van der Waals surface area contributed by atoms with Crippen LogP contribution in [0.15, 0.2) is 17.0 Å². The van der Waals surface area contributed by atoms with Crippen molar-refractivity contribution < 1.29 is 17.5 Å². The van der Waals surface area contributed by atoms with E-state index < -0.39 is 20.7 Å². The van der Waals surface area contributed by atoms with Crippen molar-refractivity contribution in [2.45, 2.75) is 11.4 Å². The summed E-state index contributed by atoms with van der Waals surface area (Å²) in [5.41, 5.74) is 5.47. The topological polar surface area (TPSA) is 72.6 Å². The van der Waals surface area contributed by atoms with Gasteiger partial charge in [-0.25, -0.2) is 12.8 Å². The van der Waals surface area contributed by atoms with E-state index in [1.54, 1.807) is 0 Å². The second kappa shape index (κ2) is 5.72. The van der Waals surface area contributed by atoms with E-state index in [4.69, 9.17) is 22.1 Å². The summed E-state index contributed by atoms with van der Waals surface area (Å²) in [4.78, 5) is -0.428. The summed E-state index contributed by atoms with van der Waals surface area (Å²) in [6.45, 7) is 0.882. The van der Waals surface area contributed by atoms with Gasteiger partial charge in [-0.05, 0) is 12.1 Å². The van der Waals surface area contributed by atoms with Crippen LogP contribution in [0.3, 0.4) is 0 Å². The van der Waals surface area contributed by atoms with E-state index in [9.17, 15) is 12.8 Å². The van der Waals surface area contributed by atoms with E-state index in [1.165, 1.54) is 10.4 Å². The fraction of sp³-hybridized carbons (Fsp3) is 0.455. The van der Waals surface area contributed by atoms with Gasteiger partial charge in [0.15, 0.2) is 0 Å². The second-order valence-electron chi connectivity index (χ2n) is 4.10. The van der Waals surface area contributed by atoms with Crippen molar-refractivity contribution in [3.63, 3.8) is 0 Å². The molecule has 0 unspecified atom stereocenters. The van der Waals surface area contributed by atoms with Crippen molar-refractivity contribution in [3.05, 3.63) is 28.5 Å². The number of benzene rings is 1. The van der Waals surface area contributed by atoms with Crippen LogP contribution in [0.4, 0.5) is 4.39 Å². The molecule has 106 valence electrons. The standard InChI is InChI=1S/C11H14ClFN2O3S/c12-9-5-8(7-14)11(13)10(6-9)19(16,17)15-1-3-18-4-2-15/h5-6H,1-4,7,14H2. The molecule has 0 radical (unpaired) electrons. The lowest BCUT2D eigenvalue weighted by Gasteiger charge is -2.26. The Balaban J connectivity index is 2.47. The van der Waals surface area contributed by atoms with Gasteiger partial charge < -0.3 is 10.5 Å². The number of halogens is 2. The number of rotatable bonds is 3. The fourth-order valence-corrected chi connectivity index (χ4v) is 3.73. The summed E-state index contributed by atoms with van der Waals surface area (Å²) >= 11 is 5.82. The zero-order chi connectivity index (χ0) is 14.0. The summed E-state index contributed by atoms with van der Waals surface area (Å²) in [6.07, 6.45) is 0. The van der Waals surface area contributed by atoms with Gasteiger partial charge in [0.25, 0.3) is 0 Å². The molecule has 1 fully saturated rings. The lowest BCUT2D eigenvalue weighted by atomic mass is 10.2. The highest BCUT2D eigenvalue weighted by Crippen LogP contribution is 2.26. The van der Waals surface area contributed by atoms with E-state index in [-0.39, 0.29) is 30.2 Å². The Hall–Kier alpha value is -0.730. The van der Waals surface area contributed by atoms with Gasteiger partial charge in [0, 0.05) is 30.2 Å². The summed E-state index contributed by atoms with van der Waals surface area (Å²) in [5, 5.41) is 0.147. The number of nitrogens with two attached hydrogens (primary N) is 1. The Bertz CT molecular complexity index is 574. The minimum Gasteiger partial charge on any atom is -0.379 e. The van der Waals surface area contributed by atoms with Gasteiger partial charge in [-0.15, -0.1) is 0 Å². The van der Waals surface area contributed by atoms with Gasteiger partial charge in [-0.1, -0.05) is 11.6 Å². The highest BCUT2D eigenvalue weighted by atomic mass is 35.5. The molecule has 19 heavy (non-hydrogen) atoms. The number of ether oxygens (including phenoxy) is 1. The Labute approximate surface area is 116 Å². The molecule has 0 aromatic heterocycles. The first-order chi connectivity index (χ1) is 8.96. The smallest absolute Gasteiger partial charge is 0.246 e. The average Bonchev–Trinajstić information content (AvgIpc) is 2.41. The lowest BCUT2D eigenvalue weighted by molar-refractivity contribution is 0.0729. The highest BCUT2D eigenvalue weighted by Gasteiger charge is 2.30. The first-order valence-electron chi connectivity index (χ1n) is 5.72. The number of hydrogen-bond acceptors (Lipinski definition) is 4. The largest absolute Gasteiger partial charge is 0.379 e. The molecule has 1 heterocycles. The molecule has 1 aliphatic heterocycles. The van der Waals surface area contributed by atoms with Gasteiger partial charge in [0.05, 0.1) is 13.2 Å². The molecule has 1 saturated heterocycles. The first-order valence-corrected chi connectivity index (χ1v) is 7.54. The number of nitrogens with zero attached hydrogens (tertiary/aromatic N) is 1. The first kappa shape index (κ1) is 14.7. The van der Waals surface area contributed by atoms with Gasteiger partial charge in [0.2, 0.25) is 10.0 Å². The van der Waals surface area contributed by atoms with Crippen molar-refractivity contribution >= 4 is 21.6 Å². The van der Waals surface area contributed by atoms with E-state index >= 15 is 0 Å². The summed E-state index contributed by atoms with van der Waals surface area (Å²) in [6, 6.07) is 2.44. The minimum absolute atomic E-state index is 0.0827. The molecule has 1 aromatic carbocycles. The van der Waals surface area contributed by atoms with Crippen molar-refractivity contribution in [2.75, 3.05) is 26.3 Å². The van der Waals surface area contributed by atoms with E-state index in [2.05, 4.69) is 0 Å². The van der Waals surface area contributed by atoms with Crippen LogP contribution in [-0.4, -0.2) is 39.0 Å². The quantitative estimate of drug-likeness (QED) is 0.902. The molecule has 1 aromatic rings. The molecule has 0 saturated carbocycles. The lowest BCUT2D eigenvalue weighted by Crippen LogP contribution is -2.41. The van der Waals surface area contributed by atoms with Crippen molar-refractivity contribution in [3.8, 4) is 0 Å². The predicted molar refractivity (Wildman–Crippen MR) is 68.9 cm³/mol. The monoisotopic (exact) mass is 308 g/mol. The minimum atomic E-state index is -3.91. The SMILES string of the molecule is NCc1cc(Cl)cc(S(=O)(=O)N2CCOCC2)c1F. The van der Waals surface area contributed by atoms with Gasteiger partial charge in [-0.2, -0.15) is 4.31 Å². The van der Waals surface area contributed by atoms with Crippen LogP contribution in [0.25, 0.3) is 0 Å². The number of morpholine rings is 1. The van der Waals surface area contributed by atoms with Crippen molar-refractivity contribution in [2.24, 2.45) is 5.73 Å². The summed E-state index contributed by atoms with van der Waals surface area (Å²) < 4.78 is 45.1. The Kier molecular flexibility index (Phi) is 4.42. The maximum absolute atomic E-state index is 14.1. The zero-order valence-electron chi connectivity index (χ0n) is 10.1. The zero-order valence-corrected chi connectivity index (χ0v) is 11.7. The highest BCUT2D eigenvalue weighted by molar-refractivity contribution is 7.89. The van der Waals surface area contributed by atoms with Crippen LogP contribution in [-0.2, 0) is 21.3 Å². The maximum Gasteiger partial charge on any atom is 0.246 e. The predicted octanol–water partition coefficient (Wildman–Crippen LogP) is 0.959. The van der Waals surface area contributed by atoms with Gasteiger partial charge in [0.1, 0.15) is 10.7 Å². The molecule has 0 atom stereocenters. The third-order valence-electron chi connectivity index (χ3n) is 2.89. The van der Waals surface area contributed by atoms with Crippen molar-refractivity contribution in [1.29, 1.82) is 0 Å². The van der Waals surface area contributed by atoms with Gasteiger partial charge >= 0.3 is 0 Å². The summed E-state index contributed by atoms with van der Waals surface area (Å²) in [5.74, 6) is -0.835. The van der Waals surface area contributed by atoms with Gasteiger partial charge in [-0.3, -0.25) is 0 Å². The molecule has 0 spiro atoms.